The molecule has 0 bridgehead atoms. The number of nitrogens with one attached hydrogen (secondary N) is 1. The molecule has 1 saturated carbocycles. The molecule has 2 aromatic carbocycles. The molecule has 1 aliphatic heterocycles. The van der Waals surface area contributed by atoms with Crippen molar-refractivity contribution in [2.75, 3.05) is 24.6 Å². The van der Waals surface area contributed by atoms with Crippen LogP contribution in [-0.4, -0.2) is 36.1 Å². The SMILES string of the molecule is C=C(NC(=O)c1ccns1)c1ccc(O[C@@H]2CCN(c3ccc(OCC4CC4)cc3)C2)cc1. The van der Waals surface area contributed by atoms with E-state index in [2.05, 4.69) is 45.4 Å². The minimum Gasteiger partial charge on any atom is -0.493 e. The van der Waals surface area contributed by atoms with Gasteiger partial charge in [-0.15, -0.1) is 0 Å². The maximum absolute atomic E-state index is 12.2. The fraction of sp³-hybridized carbons (Fsp3) is 0.308. The highest BCUT2D eigenvalue weighted by Crippen LogP contribution is 2.30. The van der Waals surface area contributed by atoms with Gasteiger partial charge in [-0.3, -0.25) is 4.79 Å². The lowest BCUT2D eigenvalue weighted by molar-refractivity contribution is 0.0978. The van der Waals surface area contributed by atoms with E-state index in [1.807, 2.05) is 24.3 Å². The first kappa shape index (κ1) is 21.5. The molecule has 7 heteroatoms. The number of amides is 1. The van der Waals surface area contributed by atoms with Crippen LogP contribution in [0.15, 0.2) is 67.4 Å². The Bertz CT molecular complexity index is 1090. The first-order chi connectivity index (χ1) is 16.1. The lowest BCUT2D eigenvalue weighted by Gasteiger charge is -2.19. The minimum absolute atomic E-state index is 0.135. The van der Waals surface area contributed by atoms with Crippen LogP contribution in [0.5, 0.6) is 11.5 Å². The van der Waals surface area contributed by atoms with Crippen LogP contribution in [-0.2, 0) is 0 Å². The largest absolute Gasteiger partial charge is 0.493 e. The van der Waals surface area contributed by atoms with E-state index < -0.39 is 0 Å². The van der Waals surface area contributed by atoms with Crippen LogP contribution in [0.4, 0.5) is 5.69 Å². The summed E-state index contributed by atoms with van der Waals surface area (Å²) >= 11 is 1.16. The molecule has 5 rings (SSSR count). The summed E-state index contributed by atoms with van der Waals surface area (Å²) in [6, 6.07) is 17.7. The van der Waals surface area contributed by atoms with Crippen LogP contribution in [0, 0.1) is 5.92 Å². The van der Waals surface area contributed by atoms with Crippen LogP contribution in [0.3, 0.4) is 0 Å². The fourth-order valence-corrected chi connectivity index (χ4v) is 4.33. The molecule has 33 heavy (non-hydrogen) atoms. The standard InChI is InChI=1S/C26H27N3O3S/c1-18(28-26(30)25-12-14-27-33-25)20-4-8-23(9-5-20)32-24-13-15-29(16-24)21-6-10-22(11-7-21)31-17-19-2-3-19/h4-12,14,19,24H,1-3,13,15-17H2,(H,28,30)/t24-/m1/s1. The molecule has 0 unspecified atom stereocenters. The molecular weight excluding hydrogens is 434 g/mol. The summed E-state index contributed by atoms with van der Waals surface area (Å²) in [5.41, 5.74) is 2.59. The van der Waals surface area contributed by atoms with E-state index in [9.17, 15) is 4.79 Å². The van der Waals surface area contributed by atoms with Gasteiger partial charge in [-0.1, -0.05) is 6.58 Å². The zero-order valence-corrected chi connectivity index (χ0v) is 19.2. The third kappa shape index (κ3) is 5.54. The van der Waals surface area contributed by atoms with Gasteiger partial charge < -0.3 is 19.7 Å². The van der Waals surface area contributed by atoms with Crippen molar-refractivity contribution in [1.29, 1.82) is 0 Å². The average Bonchev–Trinajstić information content (AvgIpc) is 3.29. The van der Waals surface area contributed by atoms with Crippen LogP contribution in [0.25, 0.3) is 5.70 Å². The van der Waals surface area contributed by atoms with Crippen LogP contribution < -0.4 is 19.7 Å². The molecule has 2 fully saturated rings. The van der Waals surface area contributed by atoms with Crippen molar-refractivity contribution in [2.24, 2.45) is 5.92 Å². The Labute approximate surface area is 198 Å². The molecule has 2 aliphatic rings. The zero-order valence-electron chi connectivity index (χ0n) is 18.4. The van der Waals surface area contributed by atoms with Crippen molar-refractivity contribution in [2.45, 2.75) is 25.4 Å². The Balaban J connectivity index is 1.11. The average molecular weight is 462 g/mol. The Hall–Kier alpha value is -3.32. The summed E-state index contributed by atoms with van der Waals surface area (Å²) in [6.07, 6.45) is 5.32. The van der Waals surface area contributed by atoms with E-state index in [-0.39, 0.29) is 12.0 Å². The molecule has 0 radical (unpaired) electrons. The molecule has 1 aliphatic carbocycles. The predicted molar refractivity (Wildman–Crippen MR) is 131 cm³/mol. The summed E-state index contributed by atoms with van der Waals surface area (Å²) in [5.74, 6) is 2.32. The molecule has 6 nitrogen and oxygen atoms in total. The maximum atomic E-state index is 12.2. The van der Waals surface area contributed by atoms with Gasteiger partial charge in [0.15, 0.2) is 0 Å². The number of aromatic nitrogens is 1. The number of anilines is 1. The van der Waals surface area contributed by atoms with Gasteiger partial charge in [0, 0.05) is 30.5 Å². The van der Waals surface area contributed by atoms with Crippen LogP contribution >= 0.6 is 11.5 Å². The van der Waals surface area contributed by atoms with Crippen molar-refractivity contribution < 1.29 is 14.3 Å². The van der Waals surface area contributed by atoms with E-state index >= 15 is 0 Å². The van der Waals surface area contributed by atoms with Crippen molar-refractivity contribution in [3.05, 3.63) is 77.8 Å². The number of benzene rings is 2. The molecule has 1 N–H and O–H groups in total. The lowest BCUT2D eigenvalue weighted by atomic mass is 10.1. The number of carbonyl (C=O) groups excluding carboxylic acids is 1. The summed E-state index contributed by atoms with van der Waals surface area (Å²) < 4.78 is 16.0. The van der Waals surface area contributed by atoms with E-state index in [0.29, 0.717) is 10.6 Å². The van der Waals surface area contributed by atoms with Gasteiger partial charge in [-0.05, 0) is 90.5 Å². The highest BCUT2D eigenvalue weighted by atomic mass is 32.1. The first-order valence-electron chi connectivity index (χ1n) is 11.3. The van der Waals surface area contributed by atoms with E-state index in [1.54, 1.807) is 12.3 Å². The Kier molecular flexibility index (Phi) is 6.30. The monoisotopic (exact) mass is 461 g/mol. The Morgan fingerprint density at radius 1 is 1.06 bits per heavy atom. The van der Waals surface area contributed by atoms with Gasteiger partial charge in [-0.25, -0.2) is 4.37 Å². The van der Waals surface area contributed by atoms with Gasteiger partial charge in [0.2, 0.25) is 0 Å². The second-order valence-corrected chi connectivity index (χ2v) is 9.39. The summed E-state index contributed by atoms with van der Waals surface area (Å²) in [7, 11) is 0. The quantitative estimate of drug-likeness (QED) is 0.486. The van der Waals surface area contributed by atoms with Crippen molar-refractivity contribution in [3.63, 3.8) is 0 Å². The number of nitrogens with zero attached hydrogens (tertiary/aromatic N) is 2. The molecule has 1 saturated heterocycles. The zero-order chi connectivity index (χ0) is 22.6. The number of rotatable bonds is 9. The summed E-state index contributed by atoms with van der Waals surface area (Å²) in [5, 5.41) is 2.82. The summed E-state index contributed by atoms with van der Waals surface area (Å²) in [4.78, 5) is 15.1. The normalized spacial score (nSPS) is 17.6. The highest BCUT2D eigenvalue weighted by Gasteiger charge is 2.25. The van der Waals surface area contributed by atoms with E-state index in [1.165, 1.54) is 18.5 Å². The molecular formula is C26H27N3O3S. The molecule has 2 heterocycles. The Morgan fingerprint density at radius 3 is 2.52 bits per heavy atom. The van der Waals surface area contributed by atoms with Crippen LogP contribution in [0.2, 0.25) is 0 Å². The highest BCUT2D eigenvalue weighted by molar-refractivity contribution is 7.08. The van der Waals surface area contributed by atoms with Crippen LogP contribution in [0.1, 0.15) is 34.5 Å². The second kappa shape index (κ2) is 9.67. The molecule has 0 spiro atoms. The molecule has 1 atom stereocenters. The summed E-state index contributed by atoms with van der Waals surface area (Å²) in [6.45, 7) is 6.63. The number of hydrogen-bond donors (Lipinski definition) is 1. The molecule has 1 aromatic heterocycles. The van der Waals surface area contributed by atoms with Crippen molar-refractivity contribution in [3.8, 4) is 11.5 Å². The van der Waals surface area contributed by atoms with Gasteiger partial charge in [-0.2, -0.15) is 0 Å². The van der Waals surface area contributed by atoms with Crippen molar-refractivity contribution >= 4 is 28.8 Å². The van der Waals surface area contributed by atoms with Gasteiger partial charge in [0.25, 0.3) is 5.91 Å². The molecule has 170 valence electrons. The van der Waals surface area contributed by atoms with E-state index in [4.69, 9.17) is 9.47 Å². The number of carbonyl (C=O) groups is 1. The number of hydrogen-bond acceptors (Lipinski definition) is 6. The van der Waals surface area contributed by atoms with Crippen molar-refractivity contribution in [1.82, 2.24) is 9.69 Å². The molecule has 3 aromatic rings. The Morgan fingerprint density at radius 2 is 1.82 bits per heavy atom. The maximum Gasteiger partial charge on any atom is 0.267 e. The minimum atomic E-state index is -0.198. The van der Waals surface area contributed by atoms with E-state index in [0.717, 1.165) is 60.6 Å². The first-order valence-corrected chi connectivity index (χ1v) is 12.1. The van der Waals surface area contributed by atoms with Gasteiger partial charge >= 0.3 is 0 Å². The predicted octanol–water partition coefficient (Wildman–Crippen LogP) is 4.99. The smallest absolute Gasteiger partial charge is 0.267 e. The topological polar surface area (TPSA) is 63.7 Å². The van der Waals surface area contributed by atoms with Gasteiger partial charge in [0.1, 0.15) is 22.5 Å². The number of ether oxygens (including phenoxy) is 2. The second-order valence-electron chi connectivity index (χ2n) is 8.56. The molecule has 1 amide bonds. The lowest BCUT2D eigenvalue weighted by Crippen LogP contribution is -2.24. The third-order valence-corrected chi connectivity index (χ3v) is 6.71. The third-order valence-electron chi connectivity index (χ3n) is 5.96. The van der Waals surface area contributed by atoms with Gasteiger partial charge in [0.05, 0.1) is 13.2 Å². The fourth-order valence-electron chi connectivity index (χ4n) is 3.84.